The lowest BCUT2D eigenvalue weighted by atomic mass is 10.1. The van der Waals surface area contributed by atoms with Crippen LogP contribution in [0.2, 0.25) is 0 Å². The summed E-state index contributed by atoms with van der Waals surface area (Å²) < 4.78 is 7.10. The third-order valence-electron chi connectivity index (χ3n) is 3.74. The number of rotatable bonds is 5. The van der Waals surface area contributed by atoms with Gasteiger partial charge in [-0.25, -0.2) is 4.68 Å². The average molecular weight is 313 g/mol. The Morgan fingerprint density at radius 2 is 2.17 bits per heavy atom. The number of aryl methyl sites for hydroxylation is 1. The van der Waals surface area contributed by atoms with Crippen molar-refractivity contribution in [2.24, 2.45) is 0 Å². The number of hydrogen-bond donors (Lipinski definition) is 1. The second-order valence-electron chi connectivity index (χ2n) is 5.54. The number of carbonyl (C=O) groups is 1. The highest BCUT2D eigenvalue weighted by Crippen LogP contribution is 2.27. The summed E-state index contributed by atoms with van der Waals surface area (Å²) in [6.45, 7) is 2.86. The average Bonchev–Trinajstić information content (AvgIpc) is 2.98. The van der Waals surface area contributed by atoms with Crippen LogP contribution in [0.1, 0.15) is 29.4 Å². The first-order chi connectivity index (χ1) is 11.2. The van der Waals surface area contributed by atoms with Crippen LogP contribution in [0.4, 0.5) is 0 Å². The van der Waals surface area contributed by atoms with Gasteiger partial charge in [-0.15, -0.1) is 0 Å². The number of fused-ring (bicyclic) bond motifs is 1. The van der Waals surface area contributed by atoms with Crippen LogP contribution >= 0.6 is 0 Å². The summed E-state index contributed by atoms with van der Waals surface area (Å²) in [5, 5.41) is 6.92. The van der Waals surface area contributed by atoms with Gasteiger partial charge < -0.3 is 10.1 Å². The molecule has 2 heterocycles. The molecule has 0 fully saturated rings. The molecule has 0 unspecified atom stereocenters. The SMILES string of the molecule is CCCn1nc(C(=O)NC[C@@H]2Cc3ccccc3O2)ccc1=O. The van der Waals surface area contributed by atoms with Crippen LogP contribution in [0.15, 0.2) is 41.2 Å². The number of nitrogens with zero attached hydrogens (tertiary/aromatic N) is 2. The molecule has 6 heteroatoms. The summed E-state index contributed by atoms with van der Waals surface area (Å²) in [5.41, 5.74) is 1.20. The highest BCUT2D eigenvalue weighted by atomic mass is 16.5. The number of amides is 1. The first kappa shape index (κ1) is 15.3. The molecule has 0 spiro atoms. The second kappa shape index (κ2) is 6.64. The second-order valence-corrected chi connectivity index (χ2v) is 5.54. The smallest absolute Gasteiger partial charge is 0.271 e. The summed E-state index contributed by atoms with van der Waals surface area (Å²) in [4.78, 5) is 23.8. The highest BCUT2D eigenvalue weighted by Gasteiger charge is 2.23. The van der Waals surface area contributed by atoms with Gasteiger partial charge in [-0.2, -0.15) is 5.10 Å². The summed E-state index contributed by atoms with van der Waals surface area (Å²) in [7, 11) is 0. The number of carbonyl (C=O) groups excluding carboxylic acids is 1. The largest absolute Gasteiger partial charge is 0.488 e. The van der Waals surface area contributed by atoms with Gasteiger partial charge in [0.05, 0.1) is 6.54 Å². The van der Waals surface area contributed by atoms with Crippen LogP contribution in [0.5, 0.6) is 5.75 Å². The maximum Gasteiger partial charge on any atom is 0.271 e. The molecule has 1 aliphatic rings. The van der Waals surface area contributed by atoms with E-state index in [0.717, 1.165) is 24.2 Å². The van der Waals surface area contributed by atoms with Crippen LogP contribution in [0, 0.1) is 0 Å². The maximum absolute atomic E-state index is 12.2. The Hall–Kier alpha value is -2.63. The number of para-hydroxylation sites is 1. The van der Waals surface area contributed by atoms with Gasteiger partial charge in [-0.05, 0) is 24.1 Å². The van der Waals surface area contributed by atoms with Gasteiger partial charge in [0.15, 0.2) is 0 Å². The molecule has 3 rings (SSSR count). The molecule has 2 aromatic rings. The molecule has 0 bridgehead atoms. The molecule has 1 atom stereocenters. The standard InChI is InChI=1S/C17H19N3O3/c1-2-9-20-16(21)8-7-14(19-20)17(22)18-11-13-10-12-5-3-4-6-15(12)23-13/h3-8,13H,2,9-11H2,1H3,(H,18,22)/t13-/m0/s1. The van der Waals surface area contributed by atoms with E-state index in [2.05, 4.69) is 10.4 Å². The normalized spacial score (nSPS) is 15.8. The van der Waals surface area contributed by atoms with E-state index in [0.29, 0.717) is 13.1 Å². The molecule has 0 saturated carbocycles. The summed E-state index contributed by atoms with van der Waals surface area (Å²) in [6, 6.07) is 10.7. The predicted octanol–water partition coefficient (Wildman–Crippen LogP) is 1.39. The highest BCUT2D eigenvalue weighted by molar-refractivity contribution is 5.92. The molecule has 1 amide bonds. The molecule has 23 heavy (non-hydrogen) atoms. The van der Waals surface area contributed by atoms with Crippen LogP contribution in [0.3, 0.4) is 0 Å². The van der Waals surface area contributed by atoms with Crippen LogP contribution < -0.4 is 15.6 Å². The topological polar surface area (TPSA) is 73.2 Å². The minimum atomic E-state index is -0.297. The number of benzene rings is 1. The van der Waals surface area contributed by atoms with Crippen molar-refractivity contribution in [3.63, 3.8) is 0 Å². The fourth-order valence-corrected chi connectivity index (χ4v) is 2.61. The molecule has 1 aromatic heterocycles. The molecule has 0 aliphatic carbocycles. The zero-order valence-electron chi connectivity index (χ0n) is 13.0. The van der Waals surface area contributed by atoms with Gasteiger partial charge in [-0.3, -0.25) is 9.59 Å². The van der Waals surface area contributed by atoms with Gasteiger partial charge in [0.2, 0.25) is 0 Å². The third kappa shape index (κ3) is 3.41. The molecule has 1 N–H and O–H groups in total. The molecule has 1 aliphatic heterocycles. The van der Waals surface area contributed by atoms with Gasteiger partial charge in [-0.1, -0.05) is 25.1 Å². The first-order valence-electron chi connectivity index (χ1n) is 7.78. The Balaban J connectivity index is 1.60. The minimum Gasteiger partial charge on any atom is -0.488 e. The van der Waals surface area contributed by atoms with Crippen LogP contribution in [-0.4, -0.2) is 28.3 Å². The van der Waals surface area contributed by atoms with Crippen molar-refractivity contribution in [1.29, 1.82) is 0 Å². The molecular formula is C17H19N3O3. The Morgan fingerprint density at radius 1 is 1.35 bits per heavy atom. The minimum absolute atomic E-state index is 0.0714. The fraction of sp³-hybridized carbons (Fsp3) is 0.353. The van der Waals surface area contributed by atoms with E-state index in [1.807, 2.05) is 31.2 Å². The lowest BCUT2D eigenvalue weighted by Gasteiger charge is -2.12. The fourth-order valence-electron chi connectivity index (χ4n) is 2.61. The van der Waals surface area contributed by atoms with Gasteiger partial charge >= 0.3 is 0 Å². The van der Waals surface area contributed by atoms with E-state index >= 15 is 0 Å². The van der Waals surface area contributed by atoms with E-state index in [1.54, 1.807) is 0 Å². The van der Waals surface area contributed by atoms with Crippen molar-refractivity contribution in [3.8, 4) is 5.75 Å². The van der Waals surface area contributed by atoms with Crippen molar-refractivity contribution in [2.45, 2.75) is 32.4 Å². The summed E-state index contributed by atoms with van der Waals surface area (Å²) in [6.07, 6.45) is 1.49. The lowest BCUT2D eigenvalue weighted by molar-refractivity contribution is 0.0926. The van der Waals surface area contributed by atoms with Crippen molar-refractivity contribution >= 4 is 5.91 Å². The summed E-state index contributed by atoms with van der Waals surface area (Å²) in [5.74, 6) is 0.579. The van der Waals surface area contributed by atoms with E-state index in [4.69, 9.17) is 4.74 Å². The van der Waals surface area contributed by atoms with Gasteiger partial charge in [0.1, 0.15) is 17.5 Å². The number of nitrogens with one attached hydrogen (secondary N) is 1. The Bertz CT molecular complexity index is 745. The molecule has 0 saturated heterocycles. The number of aromatic nitrogens is 2. The predicted molar refractivity (Wildman–Crippen MR) is 85.7 cm³/mol. The first-order valence-corrected chi connectivity index (χ1v) is 7.78. The zero-order chi connectivity index (χ0) is 16.2. The van der Waals surface area contributed by atoms with E-state index in [9.17, 15) is 9.59 Å². The van der Waals surface area contributed by atoms with Gasteiger partial charge in [0.25, 0.3) is 11.5 Å². The number of hydrogen-bond acceptors (Lipinski definition) is 4. The summed E-state index contributed by atoms with van der Waals surface area (Å²) >= 11 is 0. The van der Waals surface area contributed by atoms with Crippen molar-refractivity contribution < 1.29 is 9.53 Å². The quantitative estimate of drug-likeness (QED) is 0.905. The van der Waals surface area contributed by atoms with E-state index < -0.39 is 0 Å². The Kier molecular flexibility index (Phi) is 4.41. The van der Waals surface area contributed by atoms with E-state index in [-0.39, 0.29) is 23.3 Å². The molecule has 0 radical (unpaired) electrons. The van der Waals surface area contributed by atoms with Crippen LogP contribution in [-0.2, 0) is 13.0 Å². The van der Waals surface area contributed by atoms with E-state index in [1.165, 1.54) is 16.8 Å². The Labute approximate surface area is 134 Å². The molecular weight excluding hydrogens is 294 g/mol. The number of ether oxygens (including phenoxy) is 1. The molecule has 6 nitrogen and oxygen atoms in total. The zero-order valence-corrected chi connectivity index (χ0v) is 13.0. The maximum atomic E-state index is 12.2. The Morgan fingerprint density at radius 3 is 2.96 bits per heavy atom. The van der Waals surface area contributed by atoms with Gasteiger partial charge in [0, 0.05) is 19.0 Å². The van der Waals surface area contributed by atoms with Crippen molar-refractivity contribution in [3.05, 3.63) is 58.0 Å². The van der Waals surface area contributed by atoms with Crippen molar-refractivity contribution in [2.75, 3.05) is 6.54 Å². The molecule has 1 aromatic carbocycles. The van der Waals surface area contributed by atoms with Crippen LogP contribution in [0.25, 0.3) is 0 Å². The molecule has 120 valence electrons. The lowest BCUT2D eigenvalue weighted by Crippen LogP contribution is -2.36. The third-order valence-corrected chi connectivity index (χ3v) is 3.74. The van der Waals surface area contributed by atoms with Crippen molar-refractivity contribution in [1.82, 2.24) is 15.1 Å². The monoisotopic (exact) mass is 313 g/mol.